The van der Waals surface area contributed by atoms with Crippen LogP contribution in [0.3, 0.4) is 0 Å². The molecule has 0 radical (unpaired) electrons. The topological polar surface area (TPSA) is 97.8 Å². The number of rotatable bonds is 6. The highest BCUT2D eigenvalue weighted by atomic mass is 79.9. The maximum atomic E-state index is 15.0. The number of carbonyl (C=O) groups is 2. The Hall–Kier alpha value is -1.92. The Morgan fingerprint density at radius 1 is 1.22 bits per heavy atom. The van der Waals surface area contributed by atoms with Crippen LogP contribution in [-0.2, 0) is 14.3 Å². The quantitative estimate of drug-likeness (QED) is 0.164. The van der Waals surface area contributed by atoms with E-state index in [1.165, 1.54) is 18.7 Å². The zero-order chi connectivity index (χ0) is 27.9. The molecule has 37 heavy (non-hydrogen) atoms. The predicted molar refractivity (Wildman–Crippen MR) is 148 cm³/mol. The molecule has 0 bridgehead atoms. The van der Waals surface area contributed by atoms with Gasteiger partial charge in [-0.25, -0.2) is 24.1 Å². The van der Waals surface area contributed by atoms with Crippen molar-refractivity contribution in [2.45, 2.75) is 71.7 Å². The summed E-state index contributed by atoms with van der Waals surface area (Å²) in [5.41, 5.74) is -0.574. The Labute approximate surface area is 235 Å². The van der Waals surface area contributed by atoms with E-state index in [1.54, 1.807) is 4.90 Å². The van der Waals surface area contributed by atoms with Crippen LogP contribution >= 0.6 is 39.3 Å². The Kier molecular flexibility index (Phi) is 11.6. The standard InChI is InChI=1S/C22H28BrClFN5O4S.C2H6/c1-6-35-20-26-16-14(17(23)27-18(24)15(16)25)19(28-20)30-9-8-29(21(32)34-22(3,4)5)11-13(30)7-10-33-12(2)31;1-2/h13H,6-11H2,1-5H3;1-2H3. The molecule has 1 atom stereocenters. The molecule has 2 aromatic rings. The second kappa shape index (κ2) is 13.7. The second-order valence-corrected chi connectivity index (χ2v) is 11.2. The average Bonchev–Trinajstić information content (AvgIpc) is 2.82. The number of ether oxygens (including phenoxy) is 2. The lowest BCUT2D eigenvalue weighted by Gasteiger charge is -2.42. The van der Waals surface area contributed by atoms with Crippen LogP contribution in [-0.4, -0.2) is 75.6 Å². The first-order valence-corrected chi connectivity index (χ1v) is 14.3. The van der Waals surface area contributed by atoms with Gasteiger partial charge in [0.15, 0.2) is 16.1 Å². The molecule has 0 saturated carbocycles. The van der Waals surface area contributed by atoms with E-state index in [4.69, 9.17) is 26.1 Å². The molecule has 0 spiro atoms. The molecule has 1 saturated heterocycles. The maximum absolute atomic E-state index is 15.0. The Bertz CT molecular complexity index is 1120. The van der Waals surface area contributed by atoms with Gasteiger partial charge in [0.2, 0.25) is 0 Å². The number of fused-ring (bicyclic) bond motifs is 1. The van der Waals surface area contributed by atoms with Gasteiger partial charge in [-0.2, -0.15) is 0 Å². The van der Waals surface area contributed by atoms with Crippen molar-refractivity contribution in [2.24, 2.45) is 0 Å². The lowest BCUT2D eigenvalue weighted by Crippen LogP contribution is -2.56. The fourth-order valence-corrected chi connectivity index (χ4v) is 5.06. The summed E-state index contributed by atoms with van der Waals surface area (Å²) in [5.74, 6) is 0.0384. The molecule has 1 amide bonds. The zero-order valence-corrected chi connectivity index (χ0v) is 25.4. The van der Waals surface area contributed by atoms with Gasteiger partial charge in [0, 0.05) is 33.0 Å². The number of pyridine rings is 1. The summed E-state index contributed by atoms with van der Waals surface area (Å²) in [5, 5.41) is 0.495. The number of thioether (sulfide) groups is 1. The lowest BCUT2D eigenvalue weighted by molar-refractivity contribution is -0.141. The van der Waals surface area contributed by atoms with Crippen LogP contribution in [0.25, 0.3) is 10.9 Å². The van der Waals surface area contributed by atoms with Crippen LogP contribution < -0.4 is 4.90 Å². The van der Waals surface area contributed by atoms with Crippen molar-refractivity contribution in [2.75, 3.05) is 36.9 Å². The molecule has 1 unspecified atom stereocenters. The maximum Gasteiger partial charge on any atom is 0.410 e. The minimum atomic E-state index is -0.727. The van der Waals surface area contributed by atoms with E-state index >= 15 is 0 Å². The summed E-state index contributed by atoms with van der Waals surface area (Å²) < 4.78 is 26.0. The summed E-state index contributed by atoms with van der Waals surface area (Å²) >= 11 is 10.8. The number of esters is 1. The van der Waals surface area contributed by atoms with E-state index in [2.05, 4.69) is 25.9 Å². The molecule has 0 N–H and O–H groups in total. The number of hydrogen-bond acceptors (Lipinski definition) is 9. The number of aromatic nitrogens is 3. The Morgan fingerprint density at radius 3 is 2.49 bits per heavy atom. The highest BCUT2D eigenvalue weighted by Crippen LogP contribution is 2.37. The molecule has 9 nitrogen and oxygen atoms in total. The number of piperazine rings is 1. The van der Waals surface area contributed by atoms with E-state index in [9.17, 15) is 14.0 Å². The fourth-order valence-electron chi connectivity index (χ4n) is 3.68. The number of hydrogen-bond donors (Lipinski definition) is 0. The third-order valence-electron chi connectivity index (χ3n) is 5.10. The molecular formula is C24H34BrClFN5O4S. The first-order valence-electron chi connectivity index (χ1n) is 12.1. The smallest absolute Gasteiger partial charge is 0.410 e. The van der Waals surface area contributed by atoms with Crippen LogP contribution in [0.2, 0.25) is 5.15 Å². The number of amides is 1. The summed E-state index contributed by atoms with van der Waals surface area (Å²) in [6, 6.07) is -0.293. The molecule has 1 aliphatic rings. The van der Waals surface area contributed by atoms with Gasteiger partial charge in [-0.15, -0.1) is 0 Å². The monoisotopic (exact) mass is 621 g/mol. The van der Waals surface area contributed by atoms with Gasteiger partial charge in [-0.1, -0.05) is 44.1 Å². The lowest BCUT2D eigenvalue weighted by atomic mass is 10.1. The van der Waals surface area contributed by atoms with Crippen LogP contribution in [0.15, 0.2) is 9.76 Å². The predicted octanol–water partition coefficient (Wildman–Crippen LogP) is 6.10. The summed E-state index contributed by atoms with van der Waals surface area (Å²) in [7, 11) is 0. The Morgan fingerprint density at radius 2 is 1.89 bits per heavy atom. The van der Waals surface area contributed by atoms with Crippen molar-refractivity contribution < 1.29 is 23.5 Å². The van der Waals surface area contributed by atoms with Gasteiger partial charge in [0.25, 0.3) is 0 Å². The molecule has 1 fully saturated rings. The zero-order valence-electron chi connectivity index (χ0n) is 22.2. The molecule has 3 rings (SSSR count). The largest absolute Gasteiger partial charge is 0.466 e. The van der Waals surface area contributed by atoms with Crippen LogP contribution in [0, 0.1) is 5.82 Å². The molecule has 13 heteroatoms. The van der Waals surface area contributed by atoms with E-state index in [0.717, 1.165) is 0 Å². The van der Waals surface area contributed by atoms with E-state index in [0.29, 0.717) is 52.8 Å². The third kappa shape index (κ3) is 8.28. The number of carbonyl (C=O) groups excluding carboxylic acids is 2. The minimum absolute atomic E-state index is 0.0612. The number of nitrogens with zero attached hydrogens (tertiary/aromatic N) is 5. The summed E-state index contributed by atoms with van der Waals surface area (Å²) in [6.07, 6.45) is -0.00745. The Balaban J connectivity index is 0.00000235. The van der Waals surface area contributed by atoms with Crippen LogP contribution in [0.5, 0.6) is 0 Å². The van der Waals surface area contributed by atoms with E-state index in [1.807, 2.05) is 46.4 Å². The van der Waals surface area contributed by atoms with Crippen LogP contribution in [0.1, 0.15) is 54.9 Å². The van der Waals surface area contributed by atoms with Gasteiger partial charge in [-0.05, 0) is 42.5 Å². The third-order valence-corrected chi connectivity index (χ3v) is 6.65. The molecule has 3 heterocycles. The average molecular weight is 623 g/mol. The molecule has 0 aromatic carbocycles. The highest BCUT2D eigenvalue weighted by molar-refractivity contribution is 9.10. The van der Waals surface area contributed by atoms with Crippen molar-refractivity contribution in [3.05, 3.63) is 15.6 Å². The molecule has 2 aromatic heterocycles. The number of anilines is 1. The fraction of sp³-hybridized carbons (Fsp3) is 0.625. The second-order valence-electron chi connectivity index (χ2n) is 8.90. The SMILES string of the molecule is CC.CCSc1nc(N2CCN(C(=O)OC(C)(C)C)CC2CCOC(C)=O)c2c(Br)nc(Cl)c(F)c2n1. The minimum Gasteiger partial charge on any atom is -0.466 e. The van der Waals surface area contributed by atoms with Gasteiger partial charge in [-0.3, -0.25) is 4.79 Å². The van der Waals surface area contributed by atoms with Crippen molar-refractivity contribution >= 4 is 68.1 Å². The van der Waals surface area contributed by atoms with Crippen molar-refractivity contribution in [3.8, 4) is 0 Å². The van der Waals surface area contributed by atoms with Gasteiger partial charge in [0.05, 0.1) is 18.0 Å². The molecular weight excluding hydrogens is 589 g/mol. The first kappa shape index (κ1) is 31.3. The van der Waals surface area contributed by atoms with E-state index in [-0.39, 0.29) is 23.3 Å². The molecule has 1 aliphatic heterocycles. The normalized spacial score (nSPS) is 15.8. The van der Waals surface area contributed by atoms with Crippen molar-refractivity contribution in [1.82, 2.24) is 19.9 Å². The number of halogens is 3. The summed E-state index contributed by atoms with van der Waals surface area (Å²) in [4.78, 5) is 40.9. The van der Waals surface area contributed by atoms with Gasteiger partial charge < -0.3 is 19.3 Å². The highest BCUT2D eigenvalue weighted by Gasteiger charge is 2.35. The van der Waals surface area contributed by atoms with Crippen molar-refractivity contribution in [1.29, 1.82) is 0 Å². The first-order chi connectivity index (χ1) is 17.4. The summed E-state index contributed by atoms with van der Waals surface area (Å²) in [6.45, 7) is 13.9. The van der Waals surface area contributed by atoms with Gasteiger partial charge >= 0.3 is 12.1 Å². The molecule has 206 valence electrons. The van der Waals surface area contributed by atoms with E-state index < -0.39 is 23.5 Å². The molecule has 0 aliphatic carbocycles. The van der Waals surface area contributed by atoms with Crippen LogP contribution in [0.4, 0.5) is 15.0 Å². The van der Waals surface area contributed by atoms with Crippen molar-refractivity contribution in [3.63, 3.8) is 0 Å². The van der Waals surface area contributed by atoms with Gasteiger partial charge in [0.1, 0.15) is 21.5 Å².